The molecule has 0 spiro atoms. The lowest BCUT2D eigenvalue weighted by Crippen LogP contribution is -2.38. The Balaban J connectivity index is 0.000000422. The number of nitrogens with zero attached hydrogens (tertiary/aromatic N) is 2. The number of aryl methyl sites for hydroxylation is 1. The lowest BCUT2D eigenvalue weighted by Gasteiger charge is -2.29. The molecule has 5 rings (SSSR count). The highest BCUT2D eigenvalue weighted by molar-refractivity contribution is 7.91. The number of aromatic nitrogens is 1. The summed E-state index contributed by atoms with van der Waals surface area (Å²) in [5, 5.41) is 4.85. The molecular formula is C37H43FN4O6S. The van der Waals surface area contributed by atoms with Crippen molar-refractivity contribution in [1.29, 1.82) is 0 Å². The summed E-state index contributed by atoms with van der Waals surface area (Å²) in [6.45, 7) is 5.80. The number of halogens is 1. The maximum absolute atomic E-state index is 13.4. The fourth-order valence-electron chi connectivity index (χ4n) is 5.63. The fraction of sp³-hybridized carbons (Fsp3) is 0.324. The molecule has 1 saturated heterocycles. The fourth-order valence-corrected chi connectivity index (χ4v) is 6.78. The van der Waals surface area contributed by atoms with Crippen molar-refractivity contribution in [3.8, 4) is 18.6 Å². The van der Waals surface area contributed by atoms with E-state index >= 15 is 0 Å². The van der Waals surface area contributed by atoms with E-state index in [-0.39, 0.29) is 35.5 Å². The summed E-state index contributed by atoms with van der Waals surface area (Å²) in [5.74, 6) is -0.966. The van der Waals surface area contributed by atoms with Crippen LogP contribution in [0.1, 0.15) is 44.4 Å². The number of hydrogen-bond donors (Lipinski definition) is 2. The van der Waals surface area contributed by atoms with Crippen LogP contribution >= 0.6 is 0 Å². The first kappa shape index (κ1) is 38.3. The largest absolute Gasteiger partial charge is 0.494 e. The van der Waals surface area contributed by atoms with E-state index in [4.69, 9.17) is 15.2 Å². The van der Waals surface area contributed by atoms with Crippen LogP contribution in [0, 0.1) is 24.6 Å². The summed E-state index contributed by atoms with van der Waals surface area (Å²) in [6.07, 6.45) is 10.9. The quantitative estimate of drug-likeness (QED) is 0.156. The third kappa shape index (κ3) is 9.27. The van der Waals surface area contributed by atoms with E-state index in [1.165, 1.54) is 19.2 Å². The SMILES string of the molecule is C#C.CCOC(=O)[C@H]1CCN(C(=O)CNc2ccc3c(N)nccc3c2)[C@H]1c1ccccc1S(=O)(=O)CC.CCc1ccc(F)c(OC)c1. The lowest BCUT2D eigenvalue weighted by molar-refractivity contribution is -0.149. The first-order valence-electron chi connectivity index (χ1n) is 15.9. The summed E-state index contributed by atoms with van der Waals surface area (Å²) in [6, 6.07) is 18.1. The zero-order valence-corrected chi connectivity index (χ0v) is 29.0. The summed E-state index contributed by atoms with van der Waals surface area (Å²) in [4.78, 5) is 32.0. The van der Waals surface area contributed by atoms with Gasteiger partial charge >= 0.3 is 5.97 Å². The van der Waals surface area contributed by atoms with Gasteiger partial charge in [0.2, 0.25) is 5.91 Å². The minimum absolute atomic E-state index is 0.0270. The van der Waals surface area contributed by atoms with Gasteiger partial charge in [-0.15, -0.1) is 12.8 Å². The number of carbonyl (C=O) groups is 2. The van der Waals surface area contributed by atoms with Crippen molar-refractivity contribution < 1.29 is 31.9 Å². The highest BCUT2D eigenvalue weighted by Crippen LogP contribution is 2.41. The number of ether oxygens (including phenoxy) is 2. The molecule has 2 atom stereocenters. The van der Waals surface area contributed by atoms with Crippen LogP contribution in [-0.2, 0) is 30.6 Å². The Morgan fingerprint density at radius 3 is 2.47 bits per heavy atom. The molecule has 10 nitrogen and oxygen atoms in total. The van der Waals surface area contributed by atoms with E-state index in [1.54, 1.807) is 55.3 Å². The summed E-state index contributed by atoms with van der Waals surface area (Å²) < 4.78 is 48.6. The number of likely N-dealkylation sites (tertiary alicyclic amines) is 1. The molecule has 1 fully saturated rings. The number of fused-ring (bicyclic) bond motifs is 1. The highest BCUT2D eigenvalue weighted by Gasteiger charge is 2.44. The van der Waals surface area contributed by atoms with Crippen LogP contribution in [0.5, 0.6) is 5.75 Å². The zero-order chi connectivity index (χ0) is 36.1. The van der Waals surface area contributed by atoms with E-state index in [0.29, 0.717) is 30.1 Å². The second kappa shape index (κ2) is 17.8. The molecule has 1 aromatic heterocycles. The van der Waals surface area contributed by atoms with Gasteiger partial charge < -0.3 is 25.4 Å². The second-order valence-corrected chi connectivity index (χ2v) is 13.2. The molecule has 3 N–H and O–H groups in total. The molecule has 0 aliphatic carbocycles. The van der Waals surface area contributed by atoms with Crippen LogP contribution in [-0.4, -0.2) is 62.7 Å². The third-order valence-corrected chi connectivity index (χ3v) is 9.93. The molecule has 12 heteroatoms. The second-order valence-electron chi connectivity index (χ2n) is 10.9. The lowest BCUT2D eigenvalue weighted by atomic mass is 9.93. The average Bonchev–Trinajstić information content (AvgIpc) is 3.58. The van der Waals surface area contributed by atoms with Gasteiger partial charge in [0.1, 0.15) is 5.82 Å². The Bertz CT molecular complexity index is 1880. The maximum atomic E-state index is 13.4. The number of esters is 1. The number of pyridine rings is 1. The predicted molar refractivity (Wildman–Crippen MR) is 190 cm³/mol. The molecular weight excluding hydrogens is 647 g/mol. The minimum Gasteiger partial charge on any atom is -0.494 e. The average molecular weight is 691 g/mol. The molecule has 0 saturated carbocycles. The Labute approximate surface area is 287 Å². The number of terminal acetylenes is 1. The number of methoxy groups -OCH3 is 1. The number of hydrogen-bond acceptors (Lipinski definition) is 9. The van der Waals surface area contributed by atoms with Gasteiger partial charge in [-0.3, -0.25) is 9.59 Å². The minimum atomic E-state index is -3.58. The van der Waals surface area contributed by atoms with Gasteiger partial charge in [0.15, 0.2) is 21.4 Å². The van der Waals surface area contributed by atoms with Gasteiger partial charge in [-0.25, -0.2) is 17.8 Å². The molecule has 260 valence electrons. The molecule has 0 radical (unpaired) electrons. The number of anilines is 2. The van der Waals surface area contributed by atoms with Gasteiger partial charge in [0, 0.05) is 23.8 Å². The molecule has 3 aromatic carbocycles. The summed E-state index contributed by atoms with van der Waals surface area (Å²) >= 11 is 0. The van der Waals surface area contributed by atoms with Crippen molar-refractivity contribution in [2.24, 2.45) is 5.92 Å². The van der Waals surface area contributed by atoms with E-state index in [9.17, 15) is 22.4 Å². The summed E-state index contributed by atoms with van der Waals surface area (Å²) in [5.41, 5.74) is 8.18. The van der Waals surface area contributed by atoms with Gasteiger partial charge in [-0.2, -0.15) is 0 Å². The normalized spacial score (nSPS) is 15.3. The number of nitrogen functional groups attached to an aromatic ring is 1. The number of rotatable bonds is 10. The number of benzene rings is 3. The molecule has 4 aromatic rings. The standard InChI is InChI=1S/C26H30N4O5S.C9H11FO.C2H2/c1-3-35-26(32)21-12-14-30(24(21)20-7-5-6-8-22(20)36(33,34)4-2)23(31)16-29-18-9-10-19-17(15-18)11-13-28-25(19)27;1-3-7-4-5-8(10)9(6-7)11-2;1-2/h5-11,13,15,21,24,29H,3-4,12,14,16H2,1-2H3,(H2,27,28);4-6H,3H2,1-2H3;1-2H/t21-,24-;;/m0../s1. The van der Waals surface area contributed by atoms with Crippen molar-refractivity contribution >= 4 is 44.0 Å². The summed E-state index contributed by atoms with van der Waals surface area (Å²) in [7, 11) is -2.11. The van der Waals surface area contributed by atoms with Crippen LogP contribution in [0.4, 0.5) is 15.9 Å². The number of sulfone groups is 1. The van der Waals surface area contributed by atoms with Gasteiger partial charge in [-0.05, 0) is 78.7 Å². The Morgan fingerprint density at radius 2 is 1.80 bits per heavy atom. The van der Waals surface area contributed by atoms with Gasteiger partial charge in [0.25, 0.3) is 0 Å². The highest BCUT2D eigenvalue weighted by atomic mass is 32.2. The van der Waals surface area contributed by atoms with Crippen molar-refractivity contribution in [2.75, 3.05) is 43.6 Å². The molecule has 1 amide bonds. The number of amides is 1. The first-order chi connectivity index (χ1) is 23.5. The molecule has 49 heavy (non-hydrogen) atoms. The molecule has 0 bridgehead atoms. The zero-order valence-electron chi connectivity index (χ0n) is 28.2. The van der Waals surface area contributed by atoms with Crippen LogP contribution in [0.15, 0.2) is 77.8 Å². The van der Waals surface area contributed by atoms with E-state index < -0.39 is 27.8 Å². The van der Waals surface area contributed by atoms with Gasteiger partial charge in [0.05, 0.1) is 42.9 Å². The van der Waals surface area contributed by atoms with Crippen LogP contribution in [0.3, 0.4) is 0 Å². The predicted octanol–water partition coefficient (Wildman–Crippen LogP) is 5.82. The van der Waals surface area contributed by atoms with E-state index in [1.807, 2.05) is 31.2 Å². The van der Waals surface area contributed by atoms with Crippen molar-refractivity contribution in [3.05, 3.63) is 89.9 Å². The van der Waals surface area contributed by atoms with E-state index in [2.05, 4.69) is 23.1 Å². The first-order valence-corrected chi connectivity index (χ1v) is 17.5. The number of carbonyl (C=O) groups excluding carboxylic acids is 2. The Morgan fingerprint density at radius 1 is 1.06 bits per heavy atom. The molecule has 2 heterocycles. The number of nitrogens with one attached hydrogen (secondary N) is 1. The van der Waals surface area contributed by atoms with Crippen molar-refractivity contribution in [2.45, 2.75) is 44.6 Å². The smallest absolute Gasteiger partial charge is 0.311 e. The maximum Gasteiger partial charge on any atom is 0.311 e. The van der Waals surface area contributed by atoms with Gasteiger partial charge in [-0.1, -0.05) is 38.1 Å². The molecule has 1 aliphatic rings. The topological polar surface area (TPSA) is 141 Å². The third-order valence-electron chi connectivity index (χ3n) is 8.12. The van der Waals surface area contributed by atoms with E-state index in [0.717, 1.165) is 28.4 Å². The van der Waals surface area contributed by atoms with Crippen LogP contribution in [0.25, 0.3) is 10.8 Å². The van der Waals surface area contributed by atoms with Crippen molar-refractivity contribution in [3.63, 3.8) is 0 Å². The molecule has 1 aliphatic heterocycles. The molecule has 0 unspecified atom stereocenters. The van der Waals surface area contributed by atoms with Crippen molar-refractivity contribution in [1.82, 2.24) is 9.88 Å². The Kier molecular flexibility index (Phi) is 13.9. The number of nitrogens with two attached hydrogens (primary N) is 1. The Hall–Kier alpha value is -5.15. The van der Waals surface area contributed by atoms with Crippen LogP contribution in [0.2, 0.25) is 0 Å². The monoisotopic (exact) mass is 690 g/mol. The van der Waals surface area contributed by atoms with Crippen LogP contribution < -0.4 is 15.8 Å².